The van der Waals surface area contributed by atoms with Gasteiger partial charge in [0, 0.05) is 5.41 Å². The average Bonchev–Trinajstić information content (AvgIpc) is 1.97. The Kier molecular flexibility index (Phi) is 1.36. The molecule has 10 heavy (non-hydrogen) atoms. The van der Waals surface area contributed by atoms with Gasteiger partial charge in [0.1, 0.15) is 0 Å². The third-order valence-electron chi connectivity index (χ3n) is 2.42. The summed E-state index contributed by atoms with van der Waals surface area (Å²) in [6.45, 7) is 14.4. The lowest BCUT2D eigenvalue weighted by Gasteiger charge is -2.21. The van der Waals surface area contributed by atoms with Gasteiger partial charge in [0.05, 0.1) is 0 Å². The minimum Gasteiger partial charge on any atom is -0.0949 e. The van der Waals surface area contributed by atoms with E-state index >= 15 is 0 Å². The molecule has 0 unspecified atom stereocenters. The quantitative estimate of drug-likeness (QED) is 0.477. The third-order valence-corrected chi connectivity index (χ3v) is 2.42. The van der Waals surface area contributed by atoms with Gasteiger partial charge in [0.25, 0.3) is 0 Å². The van der Waals surface area contributed by atoms with Crippen LogP contribution in [0.5, 0.6) is 0 Å². The van der Waals surface area contributed by atoms with Crippen molar-refractivity contribution in [2.45, 2.75) is 20.8 Å². The summed E-state index contributed by atoms with van der Waals surface area (Å²) in [6.07, 6.45) is 2.11. The van der Waals surface area contributed by atoms with Crippen molar-refractivity contribution >= 4 is 0 Å². The van der Waals surface area contributed by atoms with Gasteiger partial charge in [0.15, 0.2) is 0 Å². The standard InChI is InChI=1S/C10H14/c1-7-6-8(2)10(4,5)9(7)3/h6H,2-3H2,1,4-5H3. The van der Waals surface area contributed by atoms with Crippen LogP contribution in [0.15, 0.2) is 36.0 Å². The normalized spacial score (nSPS) is 23.3. The number of hydrogen-bond acceptors (Lipinski definition) is 0. The first-order chi connectivity index (χ1) is 4.46. The average molecular weight is 134 g/mol. The van der Waals surface area contributed by atoms with Crippen LogP contribution < -0.4 is 0 Å². The second kappa shape index (κ2) is 1.85. The molecule has 0 nitrogen and oxygen atoms in total. The molecular weight excluding hydrogens is 120 g/mol. The molecule has 0 saturated carbocycles. The van der Waals surface area contributed by atoms with Crippen LogP contribution in [-0.4, -0.2) is 0 Å². The molecule has 0 saturated heterocycles. The second-order valence-corrected chi connectivity index (χ2v) is 3.46. The Bertz CT molecular complexity index is 226. The van der Waals surface area contributed by atoms with Crippen molar-refractivity contribution in [3.05, 3.63) is 36.0 Å². The topological polar surface area (TPSA) is 0 Å². The van der Waals surface area contributed by atoms with Crippen LogP contribution in [0.3, 0.4) is 0 Å². The summed E-state index contributed by atoms with van der Waals surface area (Å²) < 4.78 is 0. The van der Waals surface area contributed by atoms with E-state index in [1.807, 2.05) is 0 Å². The van der Waals surface area contributed by atoms with E-state index in [-0.39, 0.29) is 5.41 Å². The monoisotopic (exact) mass is 134 g/mol. The molecule has 0 aromatic carbocycles. The molecule has 1 rings (SSSR count). The molecule has 54 valence electrons. The minimum atomic E-state index is 0.101. The molecular formula is C10H14. The molecule has 0 aromatic heterocycles. The maximum atomic E-state index is 4.01. The van der Waals surface area contributed by atoms with Crippen molar-refractivity contribution in [2.24, 2.45) is 5.41 Å². The molecule has 0 amide bonds. The van der Waals surface area contributed by atoms with Gasteiger partial charge in [-0.2, -0.15) is 0 Å². The SMILES string of the molecule is C=C1C=C(C)C(=C)C1(C)C. The van der Waals surface area contributed by atoms with E-state index in [2.05, 4.69) is 40.0 Å². The summed E-state index contributed by atoms with van der Waals surface area (Å²) >= 11 is 0. The fourth-order valence-electron chi connectivity index (χ4n) is 1.22. The summed E-state index contributed by atoms with van der Waals surface area (Å²) in [6, 6.07) is 0. The Hall–Kier alpha value is -0.780. The van der Waals surface area contributed by atoms with Gasteiger partial charge in [-0.1, -0.05) is 33.1 Å². The van der Waals surface area contributed by atoms with E-state index in [0.717, 1.165) is 0 Å². The van der Waals surface area contributed by atoms with Gasteiger partial charge >= 0.3 is 0 Å². The zero-order valence-corrected chi connectivity index (χ0v) is 6.99. The predicted molar refractivity (Wildman–Crippen MR) is 45.8 cm³/mol. The maximum Gasteiger partial charge on any atom is 0.0137 e. The summed E-state index contributed by atoms with van der Waals surface area (Å²) in [5.41, 5.74) is 3.76. The molecule has 0 fully saturated rings. The summed E-state index contributed by atoms with van der Waals surface area (Å²) in [4.78, 5) is 0. The molecule has 0 spiro atoms. The van der Waals surface area contributed by atoms with Crippen molar-refractivity contribution in [1.82, 2.24) is 0 Å². The molecule has 0 heterocycles. The highest BCUT2D eigenvalue weighted by atomic mass is 14.3. The molecule has 0 radical (unpaired) electrons. The second-order valence-electron chi connectivity index (χ2n) is 3.46. The van der Waals surface area contributed by atoms with Crippen molar-refractivity contribution in [3.63, 3.8) is 0 Å². The fourth-order valence-corrected chi connectivity index (χ4v) is 1.22. The minimum absolute atomic E-state index is 0.101. The van der Waals surface area contributed by atoms with Crippen LogP contribution in [-0.2, 0) is 0 Å². The van der Waals surface area contributed by atoms with Crippen LogP contribution in [0.2, 0.25) is 0 Å². The van der Waals surface area contributed by atoms with Gasteiger partial charge in [-0.25, -0.2) is 0 Å². The largest absolute Gasteiger partial charge is 0.0949 e. The molecule has 0 atom stereocenters. The van der Waals surface area contributed by atoms with E-state index in [0.29, 0.717) is 0 Å². The fraction of sp³-hybridized carbons (Fsp3) is 0.400. The van der Waals surface area contributed by atoms with Crippen molar-refractivity contribution in [3.8, 4) is 0 Å². The number of allylic oxidation sites excluding steroid dienone is 4. The Morgan fingerprint density at radius 2 is 1.80 bits per heavy atom. The summed E-state index contributed by atoms with van der Waals surface area (Å²) in [5, 5.41) is 0. The first-order valence-corrected chi connectivity index (χ1v) is 3.53. The Balaban J connectivity index is 3.10. The van der Waals surface area contributed by atoms with Crippen LogP contribution in [0.4, 0.5) is 0 Å². The molecule has 0 heteroatoms. The first-order valence-electron chi connectivity index (χ1n) is 3.53. The number of hydrogen-bond donors (Lipinski definition) is 0. The highest BCUT2D eigenvalue weighted by Gasteiger charge is 2.29. The van der Waals surface area contributed by atoms with Gasteiger partial charge in [-0.05, 0) is 23.6 Å². The lowest BCUT2D eigenvalue weighted by molar-refractivity contribution is 0.582. The molecule has 1 aliphatic carbocycles. The Labute approximate surface area is 62.9 Å². The van der Waals surface area contributed by atoms with E-state index < -0.39 is 0 Å². The lowest BCUT2D eigenvalue weighted by Crippen LogP contribution is -2.10. The highest BCUT2D eigenvalue weighted by Crippen LogP contribution is 2.43. The van der Waals surface area contributed by atoms with Crippen LogP contribution in [0.25, 0.3) is 0 Å². The molecule has 0 aromatic rings. The molecule has 1 aliphatic rings. The van der Waals surface area contributed by atoms with Gasteiger partial charge in [-0.15, -0.1) is 0 Å². The molecule has 0 aliphatic heterocycles. The van der Waals surface area contributed by atoms with E-state index in [1.54, 1.807) is 0 Å². The van der Waals surface area contributed by atoms with Gasteiger partial charge in [0.2, 0.25) is 0 Å². The third kappa shape index (κ3) is 0.756. The predicted octanol–water partition coefficient (Wildman–Crippen LogP) is 3.08. The van der Waals surface area contributed by atoms with Crippen LogP contribution in [0, 0.1) is 5.41 Å². The zero-order valence-electron chi connectivity index (χ0n) is 6.99. The zero-order chi connectivity index (χ0) is 7.94. The molecule has 0 bridgehead atoms. The maximum absolute atomic E-state index is 4.01. The number of rotatable bonds is 0. The highest BCUT2D eigenvalue weighted by molar-refractivity contribution is 5.51. The van der Waals surface area contributed by atoms with Gasteiger partial charge in [-0.3, -0.25) is 0 Å². The smallest absolute Gasteiger partial charge is 0.0137 e. The van der Waals surface area contributed by atoms with Crippen LogP contribution in [0.1, 0.15) is 20.8 Å². The Morgan fingerprint density at radius 3 is 1.90 bits per heavy atom. The van der Waals surface area contributed by atoms with Crippen molar-refractivity contribution < 1.29 is 0 Å². The lowest BCUT2D eigenvalue weighted by atomic mass is 9.83. The Morgan fingerprint density at radius 1 is 1.30 bits per heavy atom. The van der Waals surface area contributed by atoms with E-state index in [4.69, 9.17) is 0 Å². The van der Waals surface area contributed by atoms with Crippen molar-refractivity contribution in [2.75, 3.05) is 0 Å². The van der Waals surface area contributed by atoms with E-state index in [1.165, 1.54) is 16.7 Å². The van der Waals surface area contributed by atoms with Gasteiger partial charge < -0.3 is 0 Å². The molecule has 0 N–H and O–H groups in total. The summed E-state index contributed by atoms with van der Waals surface area (Å²) in [5.74, 6) is 0. The summed E-state index contributed by atoms with van der Waals surface area (Å²) in [7, 11) is 0. The van der Waals surface area contributed by atoms with Crippen LogP contribution >= 0.6 is 0 Å². The van der Waals surface area contributed by atoms with Crippen molar-refractivity contribution in [1.29, 1.82) is 0 Å². The first kappa shape index (κ1) is 7.33. The van der Waals surface area contributed by atoms with E-state index in [9.17, 15) is 0 Å².